The van der Waals surface area contributed by atoms with Crippen LogP contribution in [0.4, 0.5) is 5.69 Å². The molecular weight excluding hydrogens is 372 g/mol. The Morgan fingerprint density at radius 2 is 1.64 bits per heavy atom. The van der Waals surface area contributed by atoms with Gasteiger partial charge in [0, 0.05) is 23.4 Å². The molecule has 0 aliphatic rings. The lowest BCUT2D eigenvalue weighted by atomic mass is 10.0. The molecule has 142 valence electrons. The minimum absolute atomic E-state index is 0.0262. The number of hydrogen-bond acceptors (Lipinski definition) is 3. The third kappa shape index (κ3) is 4.54. The van der Waals surface area contributed by atoms with E-state index in [1.807, 2.05) is 54.6 Å². The minimum atomic E-state index is -3.70. The highest BCUT2D eigenvalue weighted by molar-refractivity contribution is 7.89. The van der Waals surface area contributed by atoms with E-state index in [2.05, 4.69) is 16.6 Å². The lowest BCUT2D eigenvalue weighted by Gasteiger charge is -2.12. The van der Waals surface area contributed by atoms with E-state index in [-0.39, 0.29) is 22.9 Å². The number of nitrogens with one attached hydrogen (secondary N) is 2. The zero-order chi connectivity index (χ0) is 20.0. The molecule has 3 aromatic carbocycles. The summed E-state index contributed by atoms with van der Waals surface area (Å²) in [4.78, 5) is 12.8. The molecule has 2 N–H and O–H groups in total. The second-order valence-corrected chi connectivity index (χ2v) is 7.80. The first-order valence-corrected chi connectivity index (χ1v) is 10.2. The average molecular weight is 392 g/mol. The number of anilines is 1. The van der Waals surface area contributed by atoms with Crippen LogP contribution in [0.25, 0.3) is 11.1 Å². The smallest absolute Gasteiger partial charge is 0.255 e. The lowest BCUT2D eigenvalue weighted by Crippen LogP contribution is -2.24. The van der Waals surface area contributed by atoms with Gasteiger partial charge < -0.3 is 5.32 Å². The summed E-state index contributed by atoms with van der Waals surface area (Å²) in [5.74, 6) is -0.385. The Kier molecular flexibility index (Phi) is 6.03. The zero-order valence-electron chi connectivity index (χ0n) is 15.1. The first-order chi connectivity index (χ1) is 13.5. The number of carbonyl (C=O) groups excluding carboxylic acids is 1. The Balaban J connectivity index is 1.87. The molecule has 5 nitrogen and oxygen atoms in total. The summed E-state index contributed by atoms with van der Waals surface area (Å²) < 4.78 is 26.9. The van der Waals surface area contributed by atoms with E-state index in [4.69, 9.17) is 0 Å². The van der Waals surface area contributed by atoms with E-state index in [1.54, 1.807) is 12.1 Å². The molecular formula is C22H20N2O3S. The first-order valence-electron chi connectivity index (χ1n) is 8.68. The fourth-order valence-corrected chi connectivity index (χ4v) is 3.76. The van der Waals surface area contributed by atoms with Gasteiger partial charge in [-0.3, -0.25) is 4.79 Å². The summed E-state index contributed by atoms with van der Waals surface area (Å²) in [5, 5.41) is 2.88. The SMILES string of the molecule is C=CCNS(=O)(=O)c1cccc(C(=O)Nc2ccccc2-c2ccccc2)c1. The van der Waals surface area contributed by atoms with Crippen molar-refractivity contribution in [2.45, 2.75) is 4.90 Å². The standard InChI is InChI=1S/C22H20N2O3S/c1-2-15-23-28(26,27)19-12-8-11-18(16-19)22(25)24-21-14-7-6-13-20(21)17-9-4-3-5-10-17/h2-14,16,23H,1,15H2,(H,24,25). The average Bonchev–Trinajstić information content (AvgIpc) is 2.73. The van der Waals surface area contributed by atoms with Gasteiger partial charge in [0.1, 0.15) is 0 Å². The van der Waals surface area contributed by atoms with Gasteiger partial charge in [0.25, 0.3) is 5.91 Å². The van der Waals surface area contributed by atoms with Crippen molar-refractivity contribution in [3.8, 4) is 11.1 Å². The molecule has 0 saturated heterocycles. The number of benzene rings is 3. The number of rotatable bonds is 7. The molecule has 1 amide bonds. The summed E-state index contributed by atoms with van der Waals surface area (Å²) in [6.07, 6.45) is 1.45. The van der Waals surface area contributed by atoms with Gasteiger partial charge in [0.15, 0.2) is 0 Å². The van der Waals surface area contributed by atoms with Crippen molar-refractivity contribution in [3.63, 3.8) is 0 Å². The van der Waals surface area contributed by atoms with Crippen LogP contribution in [-0.2, 0) is 10.0 Å². The number of carbonyl (C=O) groups is 1. The molecule has 0 fully saturated rings. The molecule has 3 rings (SSSR count). The number of hydrogen-bond donors (Lipinski definition) is 2. The maximum absolute atomic E-state index is 12.7. The van der Waals surface area contributed by atoms with Crippen molar-refractivity contribution in [1.82, 2.24) is 4.72 Å². The Morgan fingerprint density at radius 1 is 0.929 bits per heavy atom. The van der Waals surface area contributed by atoms with Crippen molar-refractivity contribution in [3.05, 3.63) is 97.1 Å². The highest BCUT2D eigenvalue weighted by atomic mass is 32.2. The number of sulfonamides is 1. The van der Waals surface area contributed by atoms with Gasteiger partial charge in [-0.25, -0.2) is 13.1 Å². The maximum Gasteiger partial charge on any atom is 0.255 e. The fourth-order valence-electron chi connectivity index (χ4n) is 2.71. The molecule has 6 heteroatoms. The van der Waals surface area contributed by atoms with Gasteiger partial charge in [-0.15, -0.1) is 6.58 Å². The van der Waals surface area contributed by atoms with Crippen LogP contribution in [0.1, 0.15) is 10.4 Å². The third-order valence-electron chi connectivity index (χ3n) is 4.08. The van der Waals surface area contributed by atoms with E-state index < -0.39 is 10.0 Å². The van der Waals surface area contributed by atoms with Crippen molar-refractivity contribution in [2.75, 3.05) is 11.9 Å². The van der Waals surface area contributed by atoms with Gasteiger partial charge in [-0.1, -0.05) is 60.7 Å². The Bertz CT molecular complexity index is 1090. The van der Waals surface area contributed by atoms with E-state index in [1.165, 1.54) is 18.2 Å². The molecule has 0 unspecified atom stereocenters. The van der Waals surface area contributed by atoms with E-state index in [9.17, 15) is 13.2 Å². The predicted molar refractivity (Wildman–Crippen MR) is 112 cm³/mol. The van der Waals surface area contributed by atoms with Crippen LogP contribution in [0, 0.1) is 0 Å². The normalized spacial score (nSPS) is 11.0. The van der Waals surface area contributed by atoms with Crippen LogP contribution in [0.2, 0.25) is 0 Å². The topological polar surface area (TPSA) is 75.3 Å². The van der Waals surface area contributed by atoms with Gasteiger partial charge in [0.05, 0.1) is 4.90 Å². The van der Waals surface area contributed by atoms with Crippen molar-refractivity contribution in [2.24, 2.45) is 0 Å². The van der Waals surface area contributed by atoms with Crippen molar-refractivity contribution in [1.29, 1.82) is 0 Å². The first kappa shape index (κ1) is 19.5. The van der Waals surface area contributed by atoms with E-state index in [0.717, 1.165) is 11.1 Å². The molecule has 3 aromatic rings. The molecule has 0 aliphatic heterocycles. The van der Waals surface area contributed by atoms with Crippen LogP contribution in [-0.4, -0.2) is 20.9 Å². The fraction of sp³-hybridized carbons (Fsp3) is 0.0455. The Morgan fingerprint density at radius 3 is 2.39 bits per heavy atom. The van der Waals surface area contributed by atoms with Crippen molar-refractivity contribution >= 4 is 21.6 Å². The molecule has 28 heavy (non-hydrogen) atoms. The van der Waals surface area contributed by atoms with Gasteiger partial charge in [-0.05, 0) is 29.8 Å². The highest BCUT2D eigenvalue weighted by Crippen LogP contribution is 2.28. The second kappa shape index (κ2) is 8.65. The molecule has 0 aromatic heterocycles. The second-order valence-electron chi connectivity index (χ2n) is 6.03. The summed E-state index contributed by atoms with van der Waals surface area (Å²) in [5.41, 5.74) is 2.76. The molecule has 0 saturated carbocycles. The molecule has 0 radical (unpaired) electrons. The molecule has 0 aliphatic carbocycles. The minimum Gasteiger partial charge on any atom is -0.321 e. The zero-order valence-corrected chi connectivity index (χ0v) is 15.9. The molecule has 0 bridgehead atoms. The maximum atomic E-state index is 12.7. The monoisotopic (exact) mass is 392 g/mol. The predicted octanol–water partition coefficient (Wildman–Crippen LogP) is 4.07. The Hall–Kier alpha value is -3.22. The lowest BCUT2D eigenvalue weighted by molar-refractivity contribution is 0.102. The van der Waals surface area contributed by atoms with Crippen LogP contribution < -0.4 is 10.0 Å². The molecule has 0 heterocycles. The van der Waals surface area contributed by atoms with Crippen LogP contribution in [0.5, 0.6) is 0 Å². The summed E-state index contributed by atoms with van der Waals surface area (Å²) in [7, 11) is -3.70. The van der Waals surface area contributed by atoms with Gasteiger partial charge >= 0.3 is 0 Å². The molecule has 0 atom stereocenters. The molecule has 0 spiro atoms. The van der Waals surface area contributed by atoms with Crippen LogP contribution in [0.15, 0.2) is 96.4 Å². The largest absolute Gasteiger partial charge is 0.321 e. The third-order valence-corrected chi connectivity index (χ3v) is 5.51. The van der Waals surface area contributed by atoms with E-state index >= 15 is 0 Å². The summed E-state index contributed by atoms with van der Waals surface area (Å²) >= 11 is 0. The van der Waals surface area contributed by atoms with Crippen LogP contribution in [0.3, 0.4) is 0 Å². The Labute approximate surface area is 164 Å². The van der Waals surface area contributed by atoms with Gasteiger partial charge in [0.2, 0.25) is 10.0 Å². The van der Waals surface area contributed by atoms with Crippen molar-refractivity contribution < 1.29 is 13.2 Å². The number of amides is 1. The van der Waals surface area contributed by atoms with E-state index in [0.29, 0.717) is 5.69 Å². The highest BCUT2D eigenvalue weighted by Gasteiger charge is 2.16. The van der Waals surface area contributed by atoms with Crippen LogP contribution >= 0.6 is 0 Å². The van der Waals surface area contributed by atoms with Gasteiger partial charge in [-0.2, -0.15) is 0 Å². The summed E-state index contributed by atoms with van der Waals surface area (Å²) in [6.45, 7) is 3.61. The quantitative estimate of drug-likeness (QED) is 0.595. The summed E-state index contributed by atoms with van der Waals surface area (Å²) in [6, 6.07) is 23.1. The number of para-hydroxylation sites is 1.